The molecule has 0 amide bonds. The minimum atomic E-state index is -0.295. The molecule has 0 bridgehead atoms. The van der Waals surface area contributed by atoms with E-state index in [0.717, 1.165) is 19.4 Å². The zero-order chi connectivity index (χ0) is 14.8. The minimum absolute atomic E-state index is 0.240. The number of hydrogen-bond donors (Lipinski definition) is 3. The number of thiocarbonyl (C=S) groups is 1. The average molecular weight is 295 g/mol. The summed E-state index contributed by atoms with van der Waals surface area (Å²) in [5, 5.41) is 6.33. The van der Waals surface area contributed by atoms with E-state index in [0.29, 0.717) is 5.11 Å². The predicted molar refractivity (Wildman–Crippen MR) is 84.4 cm³/mol. The van der Waals surface area contributed by atoms with Gasteiger partial charge in [-0.2, -0.15) is 0 Å². The minimum Gasteiger partial charge on any atom is -0.370 e. The number of rotatable bonds is 6. The van der Waals surface area contributed by atoms with Crippen molar-refractivity contribution in [2.45, 2.75) is 26.0 Å². The van der Waals surface area contributed by atoms with Crippen LogP contribution in [0, 0.1) is 0 Å². The van der Waals surface area contributed by atoms with Gasteiger partial charge in [-0.15, -0.1) is 0 Å². The number of pyridine rings is 1. The largest absolute Gasteiger partial charge is 0.370 e. The molecule has 0 radical (unpaired) electrons. The normalized spacial score (nSPS) is 12.8. The van der Waals surface area contributed by atoms with Gasteiger partial charge in [0.15, 0.2) is 11.1 Å². The van der Waals surface area contributed by atoms with Gasteiger partial charge in [-0.3, -0.25) is 4.98 Å². The number of aliphatic imine (C=N–C) groups is 1. The first-order chi connectivity index (χ1) is 9.61. The molecule has 0 aliphatic rings. The molecule has 0 saturated heterocycles. The van der Waals surface area contributed by atoms with Crippen molar-refractivity contribution in [3.05, 3.63) is 30.1 Å². The lowest BCUT2D eigenvalue weighted by atomic mass is 10.2. The maximum atomic E-state index is 5.67. The van der Waals surface area contributed by atoms with E-state index in [1.54, 1.807) is 20.2 Å². The van der Waals surface area contributed by atoms with Gasteiger partial charge in [0.25, 0.3) is 0 Å². The van der Waals surface area contributed by atoms with Crippen molar-refractivity contribution in [2.75, 3.05) is 13.7 Å². The van der Waals surface area contributed by atoms with Gasteiger partial charge in [-0.05, 0) is 43.6 Å². The predicted octanol–water partition coefficient (Wildman–Crippen LogP) is 0.785. The zero-order valence-electron chi connectivity index (χ0n) is 11.8. The van der Waals surface area contributed by atoms with Crippen LogP contribution in [-0.4, -0.2) is 35.9 Å². The van der Waals surface area contributed by atoms with Crippen molar-refractivity contribution in [1.82, 2.24) is 15.6 Å². The first-order valence-corrected chi connectivity index (χ1v) is 6.82. The van der Waals surface area contributed by atoms with Crippen LogP contribution in [0.3, 0.4) is 0 Å². The molecule has 0 aromatic carbocycles. The van der Waals surface area contributed by atoms with Crippen LogP contribution in [-0.2, 0) is 11.2 Å². The number of guanidine groups is 1. The number of nitrogens with zero attached hydrogens (tertiary/aromatic N) is 2. The Morgan fingerprint density at radius 3 is 3.05 bits per heavy atom. The quantitative estimate of drug-likeness (QED) is 0.311. The van der Waals surface area contributed by atoms with Crippen LogP contribution >= 0.6 is 12.2 Å². The molecule has 0 saturated carbocycles. The van der Waals surface area contributed by atoms with Crippen molar-refractivity contribution >= 4 is 23.3 Å². The fraction of sp³-hybridized carbons (Fsp3) is 0.462. The Kier molecular flexibility index (Phi) is 7.52. The van der Waals surface area contributed by atoms with E-state index in [1.165, 1.54) is 5.56 Å². The SMILES string of the molecule is COC(C)/N=C(\N)NC(=S)NCCCc1cccnc1. The molecule has 0 aliphatic carbocycles. The molecule has 1 unspecified atom stereocenters. The fourth-order valence-electron chi connectivity index (χ4n) is 1.48. The molecule has 20 heavy (non-hydrogen) atoms. The summed E-state index contributed by atoms with van der Waals surface area (Å²) in [6.45, 7) is 2.55. The Hall–Kier alpha value is -1.73. The van der Waals surface area contributed by atoms with Gasteiger partial charge < -0.3 is 21.1 Å². The van der Waals surface area contributed by atoms with Crippen LogP contribution in [0.15, 0.2) is 29.5 Å². The van der Waals surface area contributed by atoms with Crippen LogP contribution in [0.4, 0.5) is 0 Å². The topological polar surface area (TPSA) is 84.6 Å². The first kappa shape index (κ1) is 16.3. The lowest BCUT2D eigenvalue weighted by molar-refractivity contribution is 0.126. The highest BCUT2D eigenvalue weighted by molar-refractivity contribution is 7.80. The molecule has 1 heterocycles. The summed E-state index contributed by atoms with van der Waals surface area (Å²) in [5.41, 5.74) is 6.88. The molecule has 1 rings (SSSR count). The number of methoxy groups -OCH3 is 1. The monoisotopic (exact) mass is 295 g/mol. The number of aryl methyl sites for hydroxylation is 1. The van der Waals surface area contributed by atoms with Gasteiger partial charge >= 0.3 is 0 Å². The molecule has 1 atom stereocenters. The Bertz CT molecular complexity index is 438. The number of nitrogens with two attached hydrogens (primary N) is 1. The number of hydrogen-bond acceptors (Lipinski definition) is 4. The van der Waals surface area contributed by atoms with Crippen LogP contribution in [0.1, 0.15) is 18.9 Å². The Labute approximate surface area is 124 Å². The first-order valence-electron chi connectivity index (χ1n) is 6.41. The molecule has 6 nitrogen and oxygen atoms in total. The third kappa shape index (κ3) is 7.01. The molecule has 7 heteroatoms. The lowest BCUT2D eigenvalue weighted by Gasteiger charge is -2.11. The molecule has 0 aliphatic heterocycles. The van der Waals surface area contributed by atoms with Crippen LogP contribution in [0.2, 0.25) is 0 Å². The Morgan fingerprint density at radius 2 is 2.40 bits per heavy atom. The number of nitrogens with one attached hydrogen (secondary N) is 2. The van der Waals surface area contributed by atoms with Crippen LogP contribution in [0.25, 0.3) is 0 Å². The highest BCUT2D eigenvalue weighted by Gasteiger charge is 2.00. The van der Waals surface area contributed by atoms with Crippen LogP contribution < -0.4 is 16.4 Å². The van der Waals surface area contributed by atoms with Crippen molar-refractivity contribution in [3.8, 4) is 0 Å². The smallest absolute Gasteiger partial charge is 0.197 e. The summed E-state index contributed by atoms with van der Waals surface area (Å²) < 4.78 is 4.97. The Balaban J connectivity index is 2.19. The molecule has 0 spiro atoms. The number of aromatic nitrogens is 1. The second kappa shape index (κ2) is 9.22. The summed E-state index contributed by atoms with van der Waals surface area (Å²) in [4.78, 5) is 8.11. The highest BCUT2D eigenvalue weighted by atomic mass is 32.1. The summed E-state index contributed by atoms with van der Waals surface area (Å²) in [6, 6.07) is 3.99. The van der Waals surface area contributed by atoms with E-state index in [-0.39, 0.29) is 12.2 Å². The van der Waals surface area contributed by atoms with Gasteiger partial charge in [0.2, 0.25) is 0 Å². The average Bonchev–Trinajstić information content (AvgIpc) is 2.44. The summed E-state index contributed by atoms with van der Waals surface area (Å²) >= 11 is 5.11. The van der Waals surface area contributed by atoms with Crippen molar-refractivity contribution in [2.24, 2.45) is 10.7 Å². The van der Waals surface area contributed by atoms with Gasteiger partial charge in [0.1, 0.15) is 6.23 Å². The summed E-state index contributed by atoms with van der Waals surface area (Å²) in [7, 11) is 1.57. The van der Waals surface area contributed by atoms with E-state index in [2.05, 4.69) is 26.7 Å². The van der Waals surface area contributed by atoms with Gasteiger partial charge in [-0.1, -0.05) is 6.07 Å². The van der Waals surface area contributed by atoms with E-state index < -0.39 is 0 Å². The number of ether oxygens (including phenoxy) is 1. The summed E-state index contributed by atoms with van der Waals surface area (Å²) in [5.74, 6) is 0.240. The van der Waals surface area contributed by atoms with Crippen LogP contribution in [0.5, 0.6) is 0 Å². The highest BCUT2D eigenvalue weighted by Crippen LogP contribution is 1.99. The lowest BCUT2D eigenvalue weighted by Crippen LogP contribution is -2.44. The van der Waals surface area contributed by atoms with Gasteiger partial charge in [0, 0.05) is 26.0 Å². The Morgan fingerprint density at radius 1 is 1.60 bits per heavy atom. The van der Waals surface area contributed by atoms with Crippen molar-refractivity contribution in [3.63, 3.8) is 0 Å². The maximum Gasteiger partial charge on any atom is 0.197 e. The molecule has 1 aromatic rings. The van der Waals surface area contributed by atoms with Gasteiger partial charge in [-0.25, -0.2) is 4.99 Å². The molecule has 4 N–H and O–H groups in total. The molecular weight excluding hydrogens is 274 g/mol. The van der Waals surface area contributed by atoms with E-state index >= 15 is 0 Å². The molecule has 110 valence electrons. The summed E-state index contributed by atoms with van der Waals surface area (Å²) in [6.07, 6.45) is 5.25. The van der Waals surface area contributed by atoms with E-state index in [4.69, 9.17) is 22.7 Å². The van der Waals surface area contributed by atoms with E-state index in [1.807, 2.05) is 12.3 Å². The second-order valence-electron chi connectivity index (χ2n) is 4.20. The zero-order valence-corrected chi connectivity index (χ0v) is 12.6. The second-order valence-corrected chi connectivity index (χ2v) is 4.60. The van der Waals surface area contributed by atoms with Gasteiger partial charge in [0.05, 0.1) is 0 Å². The molecule has 1 aromatic heterocycles. The standard InChI is InChI=1S/C13H21N5OS/c1-10(19-2)17-12(14)18-13(20)16-8-4-6-11-5-3-7-15-9-11/h3,5,7,9-10H,4,6,8H2,1-2H3,(H4,14,16,17,18,20). The fourth-order valence-corrected chi connectivity index (χ4v) is 1.69. The third-order valence-corrected chi connectivity index (χ3v) is 2.80. The van der Waals surface area contributed by atoms with E-state index in [9.17, 15) is 0 Å². The van der Waals surface area contributed by atoms with Crippen molar-refractivity contribution < 1.29 is 4.74 Å². The van der Waals surface area contributed by atoms with Crippen molar-refractivity contribution in [1.29, 1.82) is 0 Å². The molecular formula is C13H21N5OS. The molecule has 0 fully saturated rings. The third-order valence-electron chi connectivity index (χ3n) is 2.55. The maximum absolute atomic E-state index is 5.67.